The second-order valence-corrected chi connectivity index (χ2v) is 2.82. The molecule has 0 aliphatic carbocycles. The zero-order valence-corrected chi connectivity index (χ0v) is 10.0. The second-order valence-electron chi connectivity index (χ2n) is 1.60. The average molecular weight is 204 g/mol. The fraction of sp³-hybridized carbons (Fsp3) is 0.250. The van der Waals surface area contributed by atoms with E-state index in [-0.39, 0.29) is 56.8 Å². The zero-order chi connectivity index (χ0) is 8.36. The van der Waals surface area contributed by atoms with Gasteiger partial charge in [0.1, 0.15) is 10.1 Å². The molecular weight excluding hydrogens is 199 g/mol. The van der Waals surface area contributed by atoms with Gasteiger partial charge in [0.25, 0.3) is 0 Å². The standard InChI is InChI=1S/C4H6O5S.K/c1-3(4(5)6)2-10(7,8)9;/h2H,1H3,(H,5,6)(H,7,8,9);/q;+1/p-1. The van der Waals surface area contributed by atoms with Gasteiger partial charge in [-0.2, -0.15) is 0 Å². The van der Waals surface area contributed by atoms with Crippen molar-refractivity contribution in [2.24, 2.45) is 0 Å². The van der Waals surface area contributed by atoms with E-state index >= 15 is 0 Å². The fourth-order valence-electron chi connectivity index (χ4n) is 0.267. The van der Waals surface area contributed by atoms with Crippen LogP contribution in [0.1, 0.15) is 6.92 Å². The molecule has 58 valence electrons. The molecule has 0 spiro atoms. The molecule has 0 fully saturated rings. The third kappa shape index (κ3) is 8.66. The van der Waals surface area contributed by atoms with Crippen LogP contribution in [0.3, 0.4) is 0 Å². The Balaban J connectivity index is 0. The quantitative estimate of drug-likeness (QED) is 0.286. The van der Waals surface area contributed by atoms with E-state index in [0.717, 1.165) is 6.92 Å². The number of carbonyl (C=O) groups is 1. The molecule has 0 aliphatic heterocycles. The monoisotopic (exact) mass is 204 g/mol. The summed E-state index contributed by atoms with van der Waals surface area (Å²) in [6.07, 6.45) is 0. The maximum atomic E-state index is 9.91. The number of aliphatic carboxylic acids is 1. The van der Waals surface area contributed by atoms with Gasteiger partial charge in [-0.25, -0.2) is 13.2 Å². The van der Waals surface area contributed by atoms with Gasteiger partial charge in [-0.05, 0) is 6.92 Å². The molecule has 0 rings (SSSR count). The topological polar surface area (TPSA) is 94.5 Å². The van der Waals surface area contributed by atoms with Crippen molar-refractivity contribution in [3.63, 3.8) is 0 Å². The molecule has 0 atom stereocenters. The van der Waals surface area contributed by atoms with Crippen LogP contribution in [-0.2, 0) is 14.9 Å². The summed E-state index contributed by atoms with van der Waals surface area (Å²) in [5, 5.41) is 8.24. The Bertz CT molecular complexity index is 264. The molecule has 0 aromatic carbocycles. The van der Waals surface area contributed by atoms with Crippen LogP contribution in [0, 0.1) is 0 Å². The summed E-state index contributed by atoms with van der Waals surface area (Å²) in [7, 11) is -4.56. The van der Waals surface area contributed by atoms with Crippen molar-refractivity contribution >= 4 is 16.1 Å². The number of hydrogen-bond acceptors (Lipinski definition) is 4. The number of rotatable bonds is 2. The van der Waals surface area contributed by atoms with Crippen LogP contribution in [-0.4, -0.2) is 24.0 Å². The third-order valence-electron chi connectivity index (χ3n) is 0.658. The van der Waals surface area contributed by atoms with E-state index < -0.39 is 21.7 Å². The Morgan fingerprint density at radius 1 is 1.55 bits per heavy atom. The summed E-state index contributed by atoms with van der Waals surface area (Å²) in [5.74, 6) is -1.42. The van der Waals surface area contributed by atoms with Crippen LogP contribution >= 0.6 is 0 Å². The minimum Gasteiger partial charge on any atom is -0.744 e. The molecule has 0 saturated carbocycles. The van der Waals surface area contributed by atoms with Gasteiger partial charge in [-0.1, -0.05) is 0 Å². The van der Waals surface area contributed by atoms with Gasteiger partial charge < -0.3 is 9.66 Å². The van der Waals surface area contributed by atoms with Crippen molar-refractivity contribution in [2.45, 2.75) is 6.92 Å². The first-order valence-corrected chi connectivity index (χ1v) is 3.67. The summed E-state index contributed by atoms with van der Waals surface area (Å²) in [4.78, 5) is 9.91. The van der Waals surface area contributed by atoms with Crippen molar-refractivity contribution in [1.29, 1.82) is 0 Å². The minimum absolute atomic E-state index is 0. The molecule has 0 amide bonds. The predicted molar refractivity (Wildman–Crippen MR) is 31.1 cm³/mol. The van der Waals surface area contributed by atoms with E-state index in [4.69, 9.17) is 5.11 Å². The first-order chi connectivity index (χ1) is 4.33. The number of hydrogen-bond donors (Lipinski definition) is 1. The number of carboxylic acid groups (broad SMARTS) is 1. The predicted octanol–water partition coefficient (Wildman–Crippen LogP) is -3.48. The fourth-order valence-corrected chi connectivity index (χ4v) is 0.801. The van der Waals surface area contributed by atoms with Gasteiger partial charge in [0.15, 0.2) is 0 Å². The van der Waals surface area contributed by atoms with E-state index in [9.17, 15) is 17.8 Å². The van der Waals surface area contributed by atoms with E-state index in [1.807, 2.05) is 0 Å². The van der Waals surface area contributed by atoms with Crippen LogP contribution in [0.15, 0.2) is 11.0 Å². The second kappa shape index (κ2) is 5.41. The molecular formula is C4H5KO5S. The maximum absolute atomic E-state index is 9.91. The smallest absolute Gasteiger partial charge is 0.744 e. The van der Waals surface area contributed by atoms with Crippen LogP contribution in [0.2, 0.25) is 0 Å². The molecule has 0 aliphatic rings. The Kier molecular flexibility index (Phi) is 7.03. The SMILES string of the molecule is CC(=CS(=O)(=O)[O-])C(=O)O.[K+]. The maximum Gasteiger partial charge on any atom is 1.00 e. The summed E-state index contributed by atoms with van der Waals surface area (Å²) in [6, 6.07) is 0. The van der Waals surface area contributed by atoms with Crippen molar-refractivity contribution in [1.82, 2.24) is 0 Å². The third-order valence-corrected chi connectivity index (χ3v) is 1.30. The first kappa shape index (κ1) is 14.3. The van der Waals surface area contributed by atoms with Gasteiger partial charge >= 0.3 is 57.4 Å². The molecule has 0 saturated heterocycles. The largest absolute Gasteiger partial charge is 1.00 e. The molecule has 5 nitrogen and oxygen atoms in total. The van der Waals surface area contributed by atoms with Gasteiger partial charge in [-0.3, -0.25) is 0 Å². The summed E-state index contributed by atoms with van der Waals surface area (Å²) >= 11 is 0. The Morgan fingerprint density at radius 3 is 2.00 bits per heavy atom. The van der Waals surface area contributed by atoms with Crippen molar-refractivity contribution in [2.75, 3.05) is 0 Å². The van der Waals surface area contributed by atoms with Gasteiger partial charge in [0, 0.05) is 11.0 Å². The molecule has 0 aromatic heterocycles. The molecule has 0 radical (unpaired) electrons. The van der Waals surface area contributed by atoms with Crippen molar-refractivity contribution < 1.29 is 74.3 Å². The van der Waals surface area contributed by atoms with Crippen molar-refractivity contribution in [3.05, 3.63) is 11.0 Å². The summed E-state index contributed by atoms with van der Waals surface area (Å²) in [5.41, 5.74) is -0.491. The molecule has 0 bridgehead atoms. The Morgan fingerprint density at radius 2 is 1.91 bits per heavy atom. The van der Waals surface area contributed by atoms with Gasteiger partial charge in [-0.15, -0.1) is 0 Å². The van der Waals surface area contributed by atoms with Crippen LogP contribution < -0.4 is 51.4 Å². The molecule has 11 heavy (non-hydrogen) atoms. The van der Waals surface area contributed by atoms with Crippen LogP contribution in [0.25, 0.3) is 0 Å². The van der Waals surface area contributed by atoms with Crippen LogP contribution in [0.5, 0.6) is 0 Å². The minimum atomic E-state index is -4.56. The Hall–Kier alpha value is 0.756. The Labute approximate surface area is 107 Å². The van der Waals surface area contributed by atoms with Crippen molar-refractivity contribution in [3.8, 4) is 0 Å². The van der Waals surface area contributed by atoms with Crippen LogP contribution in [0.4, 0.5) is 0 Å². The normalized spacial score (nSPS) is 12.0. The van der Waals surface area contributed by atoms with E-state index in [1.165, 1.54) is 0 Å². The number of carboxylic acids is 1. The van der Waals surface area contributed by atoms with Gasteiger partial charge in [0.05, 0.1) is 0 Å². The average Bonchev–Trinajstić information content (AvgIpc) is 1.60. The molecule has 0 aromatic rings. The summed E-state index contributed by atoms with van der Waals surface area (Å²) < 4.78 is 29.6. The van der Waals surface area contributed by atoms with E-state index in [1.54, 1.807) is 0 Å². The first-order valence-electron chi connectivity index (χ1n) is 2.20. The van der Waals surface area contributed by atoms with E-state index in [0.29, 0.717) is 0 Å². The zero-order valence-electron chi connectivity index (χ0n) is 6.07. The molecule has 0 heterocycles. The molecule has 1 N–H and O–H groups in total. The van der Waals surface area contributed by atoms with Gasteiger partial charge in [0.2, 0.25) is 0 Å². The molecule has 0 unspecified atom stereocenters. The molecule has 7 heteroatoms. The summed E-state index contributed by atoms with van der Waals surface area (Å²) in [6.45, 7) is 1.03. The van der Waals surface area contributed by atoms with E-state index in [2.05, 4.69) is 0 Å².